The van der Waals surface area contributed by atoms with Crippen LogP contribution in [0.3, 0.4) is 0 Å². The SMILES string of the molecule is COc1cc(CNCc2ccc(SC)cc2)ccc1OCc1c(C)noc1C. The third kappa shape index (κ3) is 5.09. The summed E-state index contributed by atoms with van der Waals surface area (Å²) in [6, 6.07) is 14.6. The van der Waals surface area contributed by atoms with Gasteiger partial charge in [0.15, 0.2) is 11.5 Å². The second-order valence-electron chi connectivity index (χ2n) is 6.53. The highest BCUT2D eigenvalue weighted by atomic mass is 32.2. The monoisotopic (exact) mass is 398 g/mol. The minimum atomic E-state index is 0.404. The van der Waals surface area contributed by atoms with Crippen LogP contribution in [0, 0.1) is 13.8 Å². The Hall–Kier alpha value is -2.44. The molecule has 6 heteroatoms. The molecule has 3 aromatic rings. The first kappa shape index (κ1) is 20.3. The first-order valence-corrected chi connectivity index (χ1v) is 10.4. The van der Waals surface area contributed by atoms with Gasteiger partial charge in [0.05, 0.1) is 18.4 Å². The summed E-state index contributed by atoms with van der Waals surface area (Å²) in [5.41, 5.74) is 4.23. The van der Waals surface area contributed by atoms with E-state index >= 15 is 0 Å². The Morgan fingerprint density at radius 2 is 1.71 bits per heavy atom. The number of aromatic nitrogens is 1. The van der Waals surface area contributed by atoms with Gasteiger partial charge in [-0.3, -0.25) is 0 Å². The number of nitrogens with one attached hydrogen (secondary N) is 1. The predicted octanol–water partition coefficient (Wildman–Crippen LogP) is 4.89. The van der Waals surface area contributed by atoms with Gasteiger partial charge < -0.3 is 19.3 Å². The molecule has 0 aliphatic carbocycles. The van der Waals surface area contributed by atoms with E-state index in [4.69, 9.17) is 14.0 Å². The largest absolute Gasteiger partial charge is 0.493 e. The van der Waals surface area contributed by atoms with Gasteiger partial charge in [-0.25, -0.2) is 0 Å². The number of rotatable bonds is 9. The van der Waals surface area contributed by atoms with E-state index in [1.807, 2.05) is 26.0 Å². The third-order valence-electron chi connectivity index (χ3n) is 4.60. The van der Waals surface area contributed by atoms with Crippen LogP contribution in [0.1, 0.15) is 28.1 Å². The lowest BCUT2D eigenvalue weighted by molar-refractivity contribution is 0.281. The quantitative estimate of drug-likeness (QED) is 0.518. The van der Waals surface area contributed by atoms with Crippen molar-refractivity contribution in [3.8, 4) is 11.5 Å². The average Bonchev–Trinajstić information content (AvgIpc) is 3.05. The number of benzene rings is 2. The molecule has 1 N–H and O–H groups in total. The molecule has 1 heterocycles. The number of hydrogen-bond acceptors (Lipinski definition) is 6. The molecule has 0 amide bonds. The van der Waals surface area contributed by atoms with Crippen LogP contribution >= 0.6 is 11.8 Å². The first-order valence-electron chi connectivity index (χ1n) is 9.16. The van der Waals surface area contributed by atoms with Crippen LogP contribution in [-0.4, -0.2) is 18.5 Å². The molecule has 0 fully saturated rings. The van der Waals surface area contributed by atoms with Crippen LogP contribution in [-0.2, 0) is 19.7 Å². The van der Waals surface area contributed by atoms with Crippen LogP contribution in [0.25, 0.3) is 0 Å². The third-order valence-corrected chi connectivity index (χ3v) is 5.34. The fourth-order valence-corrected chi connectivity index (χ4v) is 3.30. The molecule has 0 saturated carbocycles. The molecule has 0 atom stereocenters. The molecule has 0 spiro atoms. The van der Waals surface area contributed by atoms with E-state index in [-0.39, 0.29) is 0 Å². The van der Waals surface area contributed by atoms with Gasteiger partial charge in [-0.05, 0) is 55.5 Å². The second kappa shape index (κ2) is 9.66. The number of nitrogens with zero attached hydrogens (tertiary/aromatic N) is 1. The van der Waals surface area contributed by atoms with Crippen molar-refractivity contribution in [2.24, 2.45) is 0 Å². The summed E-state index contributed by atoms with van der Waals surface area (Å²) in [6.07, 6.45) is 2.09. The maximum absolute atomic E-state index is 5.94. The Morgan fingerprint density at radius 1 is 1.00 bits per heavy atom. The minimum absolute atomic E-state index is 0.404. The number of methoxy groups -OCH3 is 1. The van der Waals surface area contributed by atoms with Crippen LogP contribution in [0.5, 0.6) is 11.5 Å². The first-order chi connectivity index (χ1) is 13.6. The molecule has 2 aromatic carbocycles. The summed E-state index contributed by atoms with van der Waals surface area (Å²) < 4.78 is 16.6. The molecular formula is C22H26N2O3S. The Morgan fingerprint density at radius 3 is 2.36 bits per heavy atom. The van der Waals surface area contributed by atoms with E-state index in [1.165, 1.54) is 10.5 Å². The van der Waals surface area contributed by atoms with Crippen molar-refractivity contribution in [3.63, 3.8) is 0 Å². The van der Waals surface area contributed by atoms with Gasteiger partial charge in [-0.15, -0.1) is 11.8 Å². The highest BCUT2D eigenvalue weighted by molar-refractivity contribution is 7.98. The topological polar surface area (TPSA) is 56.5 Å². The van der Waals surface area contributed by atoms with Crippen LogP contribution < -0.4 is 14.8 Å². The van der Waals surface area contributed by atoms with Gasteiger partial charge in [0.1, 0.15) is 12.4 Å². The summed E-state index contributed by atoms with van der Waals surface area (Å²) in [6.45, 7) is 5.78. The van der Waals surface area contributed by atoms with E-state index in [0.717, 1.165) is 41.4 Å². The van der Waals surface area contributed by atoms with Gasteiger partial charge in [0.2, 0.25) is 0 Å². The molecule has 1 aromatic heterocycles. The summed E-state index contributed by atoms with van der Waals surface area (Å²) >= 11 is 1.75. The van der Waals surface area contributed by atoms with Gasteiger partial charge >= 0.3 is 0 Å². The van der Waals surface area contributed by atoms with Crippen molar-refractivity contribution < 1.29 is 14.0 Å². The highest BCUT2D eigenvalue weighted by Crippen LogP contribution is 2.29. The lowest BCUT2D eigenvalue weighted by Gasteiger charge is -2.13. The Balaban J connectivity index is 1.57. The van der Waals surface area contributed by atoms with Gasteiger partial charge in [0.25, 0.3) is 0 Å². The zero-order valence-corrected chi connectivity index (χ0v) is 17.6. The molecule has 28 heavy (non-hydrogen) atoms. The summed E-state index contributed by atoms with van der Waals surface area (Å²) in [7, 11) is 1.66. The van der Waals surface area contributed by atoms with E-state index in [9.17, 15) is 0 Å². The Bertz CT molecular complexity index is 887. The lowest BCUT2D eigenvalue weighted by Crippen LogP contribution is -2.12. The molecule has 3 rings (SSSR count). The second-order valence-corrected chi connectivity index (χ2v) is 7.41. The smallest absolute Gasteiger partial charge is 0.161 e. The van der Waals surface area contributed by atoms with Gasteiger partial charge in [-0.2, -0.15) is 0 Å². The number of aryl methyl sites for hydroxylation is 2. The predicted molar refractivity (Wildman–Crippen MR) is 112 cm³/mol. The summed E-state index contributed by atoms with van der Waals surface area (Å²) in [5.74, 6) is 2.21. The standard InChI is InChI=1S/C22H26N2O3S/c1-15-20(16(2)27-24-15)14-26-21-10-7-18(11-22(21)25-3)13-23-12-17-5-8-19(28-4)9-6-17/h5-11,23H,12-14H2,1-4H3. The highest BCUT2D eigenvalue weighted by Gasteiger charge is 2.12. The number of hydrogen-bond donors (Lipinski definition) is 1. The van der Waals surface area contributed by atoms with E-state index in [0.29, 0.717) is 12.4 Å². The lowest BCUT2D eigenvalue weighted by atomic mass is 10.1. The van der Waals surface area contributed by atoms with Gasteiger partial charge in [-0.1, -0.05) is 23.4 Å². The van der Waals surface area contributed by atoms with Crippen LogP contribution in [0.4, 0.5) is 0 Å². The normalized spacial score (nSPS) is 10.9. The Kier molecular flexibility index (Phi) is 7.01. The van der Waals surface area contributed by atoms with Crippen LogP contribution in [0.15, 0.2) is 51.9 Å². The fourth-order valence-electron chi connectivity index (χ4n) is 2.89. The molecule has 0 saturated heterocycles. The zero-order valence-electron chi connectivity index (χ0n) is 16.7. The molecule has 0 unspecified atom stereocenters. The summed E-state index contributed by atoms with van der Waals surface area (Å²) in [5, 5.41) is 7.43. The molecule has 0 bridgehead atoms. The molecular weight excluding hydrogens is 372 g/mol. The molecule has 5 nitrogen and oxygen atoms in total. The molecule has 0 aliphatic heterocycles. The molecule has 148 valence electrons. The van der Waals surface area contributed by atoms with Crippen molar-refractivity contribution in [2.45, 2.75) is 38.4 Å². The maximum Gasteiger partial charge on any atom is 0.161 e. The average molecular weight is 399 g/mol. The maximum atomic E-state index is 5.94. The van der Waals surface area contributed by atoms with E-state index in [2.05, 4.69) is 47.1 Å². The van der Waals surface area contributed by atoms with Crippen molar-refractivity contribution in [3.05, 3.63) is 70.6 Å². The number of ether oxygens (including phenoxy) is 2. The van der Waals surface area contributed by atoms with Crippen molar-refractivity contribution in [1.82, 2.24) is 10.5 Å². The Labute approximate surface area is 170 Å². The summed E-state index contributed by atoms with van der Waals surface area (Å²) in [4.78, 5) is 1.28. The van der Waals surface area contributed by atoms with Crippen molar-refractivity contribution in [2.75, 3.05) is 13.4 Å². The van der Waals surface area contributed by atoms with Crippen molar-refractivity contribution >= 4 is 11.8 Å². The fraction of sp³-hybridized carbons (Fsp3) is 0.318. The van der Waals surface area contributed by atoms with Crippen LogP contribution in [0.2, 0.25) is 0 Å². The van der Waals surface area contributed by atoms with E-state index < -0.39 is 0 Å². The molecule has 0 radical (unpaired) electrons. The van der Waals surface area contributed by atoms with Crippen molar-refractivity contribution in [1.29, 1.82) is 0 Å². The van der Waals surface area contributed by atoms with E-state index in [1.54, 1.807) is 18.9 Å². The zero-order chi connectivity index (χ0) is 19.9. The molecule has 0 aliphatic rings. The minimum Gasteiger partial charge on any atom is -0.493 e. The number of thioether (sulfide) groups is 1. The van der Waals surface area contributed by atoms with Gasteiger partial charge in [0, 0.05) is 18.0 Å².